The van der Waals surface area contributed by atoms with E-state index in [2.05, 4.69) is 5.32 Å². The van der Waals surface area contributed by atoms with Gasteiger partial charge in [0.05, 0.1) is 11.3 Å². The van der Waals surface area contributed by atoms with Gasteiger partial charge in [-0.3, -0.25) is 4.79 Å². The average molecular weight is 311 g/mol. The fourth-order valence-electron chi connectivity index (χ4n) is 2.42. The van der Waals surface area contributed by atoms with Crippen LogP contribution >= 0.6 is 11.8 Å². The van der Waals surface area contributed by atoms with E-state index in [1.165, 1.54) is 30.3 Å². The van der Waals surface area contributed by atoms with Crippen LogP contribution in [0.3, 0.4) is 0 Å². The zero-order valence-electron chi connectivity index (χ0n) is 11.6. The van der Waals surface area contributed by atoms with Crippen LogP contribution in [0.4, 0.5) is 4.39 Å². The Kier molecular flexibility index (Phi) is 5.61. The molecule has 0 spiro atoms. The molecule has 21 heavy (non-hydrogen) atoms. The monoisotopic (exact) mass is 311 g/mol. The van der Waals surface area contributed by atoms with Crippen molar-refractivity contribution in [3.8, 4) is 0 Å². The number of benzene rings is 1. The molecule has 2 N–H and O–H groups in total. The Morgan fingerprint density at radius 2 is 2.00 bits per heavy atom. The highest BCUT2D eigenvalue weighted by Gasteiger charge is 2.16. The second kappa shape index (κ2) is 7.45. The topological polar surface area (TPSA) is 66.4 Å². The van der Waals surface area contributed by atoms with Gasteiger partial charge in [-0.1, -0.05) is 19.3 Å². The average Bonchev–Trinajstić information content (AvgIpc) is 2.47. The van der Waals surface area contributed by atoms with Gasteiger partial charge in [0.1, 0.15) is 5.82 Å². The lowest BCUT2D eigenvalue weighted by Gasteiger charge is -2.22. The van der Waals surface area contributed by atoms with Gasteiger partial charge >= 0.3 is 5.97 Å². The van der Waals surface area contributed by atoms with E-state index in [9.17, 15) is 14.0 Å². The van der Waals surface area contributed by atoms with Crippen molar-refractivity contribution >= 4 is 23.6 Å². The van der Waals surface area contributed by atoms with Crippen LogP contribution in [-0.2, 0) is 4.79 Å². The van der Waals surface area contributed by atoms with E-state index >= 15 is 0 Å². The van der Waals surface area contributed by atoms with Crippen LogP contribution < -0.4 is 5.32 Å². The summed E-state index contributed by atoms with van der Waals surface area (Å²) in [4.78, 5) is 23.3. The first kappa shape index (κ1) is 15.8. The molecule has 0 unspecified atom stereocenters. The first-order valence-corrected chi connectivity index (χ1v) is 8.00. The Bertz CT molecular complexity index is 530. The molecule has 0 saturated heterocycles. The van der Waals surface area contributed by atoms with E-state index in [1.54, 1.807) is 0 Å². The van der Waals surface area contributed by atoms with Crippen LogP contribution in [0, 0.1) is 5.82 Å². The Morgan fingerprint density at radius 3 is 2.67 bits per heavy atom. The predicted octanol–water partition coefficient (Wildman–Crippen LogP) is 3.06. The van der Waals surface area contributed by atoms with Crippen LogP contribution in [0.5, 0.6) is 0 Å². The van der Waals surface area contributed by atoms with Crippen molar-refractivity contribution < 1.29 is 19.1 Å². The summed E-state index contributed by atoms with van der Waals surface area (Å²) in [5, 5.41) is 11.8. The van der Waals surface area contributed by atoms with E-state index < -0.39 is 11.8 Å². The van der Waals surface area contributed by atoms with Gasteiger partial charge in [0.2, 0.25) is 5.91 Å². The van der Waals surface area contributed by atoms with E-state index in [1.807, 2.05) is 0 Å². The largest absolute Gasteiger partial charge is 0.478 e. The lowest BCUT2D eigenvalue weighted by Crippen LogP contribution is -2.37. The molecule has 0 aliphatic heterocycles. The van der Waals surface area contributed by atoms with Crippen LogP contribution in [0.1, 0.15) is 42.5 Å². The van der Waals surface area contributed by atoms with Gasteiger partial charge in [0, 0.05) is 10.9 Å². The smallest absolute Gasteiger partial charge is 0.338 e. The Hall–Kier alpha value is -1.56. The number of hydrogen-bond acceptors (Lipinski definition) is 3. The molecule has 114 valence electrons. The number of carboxylic acids is 1. The summed E-state index contributed by atoms with van der Waals surface area (Å²) >= 11 is 1.22. The highest BCUT2D eigenvalue weighted by molar-refractivity contribution is 8.00. The highest BCUT2D eigenvalue weighted by Crippen LogP contribution is 2.22. The maximum absolute atomic E-state index is 13.3. The minimum absolute atomic E-state index is 0.0619. The third kappa shape index (κ3) is 4.74. The molecule has 1 fully saturated rings. The zero-order chi connectivity index (χ0) is 15.2. The van der Waals surface area contributed by atoms with Gasteiger partial charge in [-0.15, -0.1) is 11.8 Å². The number of thioether (sulfide) groups is 1. The quantitative estimate of drug-likeness (QED) is 0.820. The number of carbonyl (C=O) groups excluding carboxylic acids is 1. The Balaban J connectivity index is 1.86. The molecular formula is C15H18FNO3S. The molecule has 1 aromatic rings. The van der Waals surface area contributed by atoms with Crippen molar-refractivity contribution in [2.24, 2.45) is 0 Å². The van der Waals surface area contributed by atoms with Gasteiger partial charge in [0.15, 0.2) is 0 Å². The van der Waals surface area contributed by atoms with Crippen LogP contribution in [-0.4, -0.2) is 28.8 Å². The Morgan fingerprint density at radius 1 is 1.29 bits per heavy atom. The SMILES string of the molecule is O=C(CSc1ccc(F)c(C(=O)O)c1)NC1CCCCC1. The van der Waals surface area contributed by atoms with E-state index in [4.69, 9.17) is 5.11 Å². The minimum Gasteiger partial charge on any atom is -0.478 e. The molecule has 1 aromatic carbocycles. The lowest BCUT2D eigenvalue weighted by molar-refractivity contribution is -0.119. The van der Waals surface area contributed by atoms with Crippen molar-refractivity contribution in [1.82, 2.24) is 5.32 Å². The second-order valence-electron chi connectivity index (χ2n) is 5.14. The summed E-state index contributed by atoms with van der Waals surface area (Å²) in [5.41, 5.74) is -0.368. The number of halogens is 1. The van der Waals surface area contributed by atoms with Crippen molar-refractivity contribution in [1.29, 1.82) is 0 Å². The van der Waals surface area contributed by atoms with Crippen LogP contribution in [0.15, 0.2) is 23.1 Å². The van der Waals surface area contributed by atoms with Gasteiger partial charge in [-0.2, -0.15) is 0 Å². The van der Waals surface area contributed by atoms with Gasteiger partial charge in [-0.25, -0.2) is 9.18 Å². The van der Waals surface area contributed by atoms with Gasteiger partial charge in [0.25, 0.3) is 0 Å². The molecule has 0 radical (unpaired) electrons. The number of rotatable bonds is 5. The summed E-state index contributed by atoms with van der Waals surface area (Å²) in [6, 6.07) is 4.12. The number of nitrogens with one attached hydrogen (secondary N) is 1. The van der Waals surface area contributed by atoms with Crippen LogP contribution in [0.2, 0.25) is 0 Å². The second-order valence-corrected chi connectivity index (χ2v) is 6.19. The summed E-state index contributed by atoms with van der Waals surface area (Å²) in [6.45, 7) is 0. The highest BCUT2D eigenvalue weighted by atomic mass is 32.2. The molecule has 1 saturated carbocycles. The molecule has 1 aliphatic carbocycles. The molecular weight excluding hydrogens is 293 g/mol. The fourth-order valence-corrected chi connectivity index (χ4v) is 3.17. The predicted molar refractivity (Wildman–Crippen MR) is 79.1 cm³/mol. The lowest BCUT2D eigenvalue weighted by atomic mass is 9.95. The fraction of sp³-hybridized carbons (Fsp3) is 0.467. The van der Waals surface area contributed by atoms with E-state index in [0.717, 1.165) is 31.7 Å². The first-order chi connectivity index (χ1) is 10.1. The molecule has 0 heterocycles. The maximum Gasteiger partial charge on any atom is 0.338 e. The Labute approximate surface area is 127 Å². The third-order valence-electron chi connectivity index (χ3n) is 3.51. The van der Waals surface area contributed by atoms with E-state index in [-0.39, 0.29) is 23.3 Å². The standard InChI is InChI=1S/C15H18FNO3S/c16-13-7-6-11(8-12(13)15(19)20)21-9-14(18)17-10-4-2-1-3-5-10/h6-8,10H,1-5,9H2,(H,17,18)(H,19,20). The summed E-state index contributed by atoms with van der Waals surface area (Å²) in [6.07, 6.45) is 5.58. The molecule has 6 heteroatoms. The number of hydrogen-bond donors (Lipinski definition) is 2. The number of carboxylic acid groups (broad SMARTS) is 1. The summed E-state index contributed by atoms with van der Waals surface area (Å²) in [7, 11) is 0. The van der Waals surface area contributed by atoms with E-state index in [0.29, 0.717) is 4.90 Å². The molecule has 2 rings (SSSR count). The summed E-state index contributed by atoms with van der Waals surface area (Å²) < 4.78 is 13.3. The molecule has 0 atom stereocenters. The van der Waals surface area contributed by atoms with Crippen molar-refractivity contribution in [2.75, 3.05) is 5.75 Å². The number of amides is 1. The molecule has 0 bridgehead atoms. The number of carbonyl (C=O) groups is 2. The number of aromatic carboxylic acids is 1. The molecule has 0 aromatic heterocycles. The van der Waals surface area contributed by atoms with Crippen LogP contribution in [0.25, 0.3) is 0 Å². The summed E-state index contributed by atoms with van der Waals surface area (Å²) in [5.74, 6) is -1.92. The zero-order valence-corrected chi connectivity index (χ0v) is 12.4. The minimum atomic E-state index is -1.30. The van der Waals surface area contributed by atoms with Crippen molar-refractivity contribution in [3.05, 3.63) is 29.6 Å². The maximum atomic E-state index is 13.3. The van der Waals surface area contributed by atoms with Crippen molar-refractivity contribution in [3.63, 3.8) is 0 Å². The van der Waals surface area contributed by atoms with Crippen molar-refractivity contribution in [2.45, 2.75) is 43.0 Å². The molecule has 1 aliphatic rings. The third-order valence-corrected chi connectivity index (χ3v) is 4.50. The normalized spacial score (nSPS) is 15.7. The van der Waals surface area contributed by atoms with Gasteiger partial charge in [-0.05, 0) is 31.0 Å². The molecule has 1 amide bonds. The molecule has 4 nitrogen and oxygen atoms in total. The first-order valence-electron chi connectivity index (χ1n) is 7.01. The van der Waals surface area contributed by atoms with Gasteiger partial charge < -0.3 is 10.4 Å².